The number of amidine groups is 1. The van der Waals surface area contributed by atoms with Crippen LogP contribution in [0.15, 0.2) is 71.7 Å². The fraction of sp³-hybridized carbons (Fsp3) is 0.192. The minimum absolute atomic E-state index is 0.0363. The molecule has 3 aromatic carbocycles. The first kappa shape index (κ1) is 27.3. The number of primary amides is 1. The molecular formula is C26H20Cl2F3N3O4. The lowest BCUT2D eigenvalue weighted by atomic mass is 9.94. The van der Waals surface area contributed by atoms with Crippen LogP contribution in [0.25, 0.3) is 0 Å². The summed E-state index contributed by atoms with van der Waals surface area (Å²) in [6.07, 6.45) is -7.17. The summed E-state index contributed by atoms with van der Waals surface area (Å²) in [6.45, 7) is 1.64. The van der Waals surface area contributed by atoms with Gasteiger partial charge in [-0.15, -0.1) is 0 Å². The minimum Gasteiger partial charge on any atom is -0.493 e. The molecule has 2 N–H and O–H groups in total. The average Bonchev–Trinajstić information content (AvgIpc) is 3.25. The van der Waals surface area contributed by atoms with E-state index < -0.39 is 36.0 Å². The van der Waals surface area contributed by atoms with Crippen molar-refractivity contribution in [3.8, 4) is 5.75 Å². The van der Waals surface area contributed by atoms with Crippen LogP contribution in [-0.2, 0) is 10.9 Å². The maximum atomic E-state index is 13.5. The van der Waals surface area contributed by atoms with Gasteiger partial charge in [-0.1, -0.05) is 47.5 Å². The number of benzene rings is 3. The number of ether oxygens (including phenoxy) is 2. The minimum atomic E-state index is -4.63. The highest BCUT2D eigenvalue weighted by Gasteiger charge is 2.45. The number of carbonyl (C=O) groups excluding carboxylic acids is 2. The van der Waals surface area contributed by atoms with E-state index in [1.54, 1.807) is 55.5 Å². The molecule has 1 heterocycles. The monoisotopic (exact) mass is 565 g/mol. The van der Waals surface area contributed by atoms with Crippen molar-refractivity contribution in [3.63, 3.8) is 0 Å². The Morgan fingerprint density at radius 3 is 2.08 bits per heavy atom. The largest absolute Gasteiger partial charge is 0.493 e. The molecular weight excluding hydrogens is 546 g/mol. The fourth-order valence-electron chi connectivity index (χ4n) is 4.14. The normalized spacial score (nSPS) is 17.2. The van der Waals surface area contributed by atoms with Gasteiger partial charge in [0.15, 0.2) is 0 Å². The summed E-state index contributed by atoms with van der Waals surface area (Å²) < 4.78 is 50.6. The molecule has 2 atom stereocenters. The highest BCUT2D eigenvalue weighted by molar-refractivity contribution is 6.30. The van der Waals surface area contributed by atoms with E-state index in [2.05, 4.69) is 0 Å². The molecule has 0 aliphatic carbocycles. The molecule has 198 valence electrons. The molecule has 3 aromatic rings. The number of nitrogens with two attached hydrogens (primary N) is 1. The molecule has 0 spiro atoms. The maximum Gasteiger partial charge on any atom is 0.425 e. The highest BCUT2D eigenvalue weighted by atomic mass is 35.5. The van der Waals surface area contributed by atoms with E-state index in [9.17, 15) is 22.8 Å². The van der Waals surface area contributed by atoms with Crippen LogP contribution in [0.1, 0.15) is 41.3 Å². The van der Waals surface area contributed by atoms with Crippen molar-refractivity contribution < 1.29 is 32.2 Å². The molecule has 0 bridgehead atoms. The van der Waals surface area contributed by atoms with Crippen molar-refractivity contribution in [1.82, 2.24) is 4.90 Å². The molecule has 2 unspecified atom stereocenters. The van der Waals surface area contributed by atoms with E-state index >= 15 is 0 Å². The third-order valence-corrected chi connectivity index (χ3v) is 6.23. The summed E-state index contributed by atoms with van der Waals surface area (Å²) in [7, 11) is 0. The third-order valence-electron chi connectivity index (χ3n) is 5.72. The number of rotatable bonds is 5. The van der Waals surface area contributed by atoms with Gasteiger partial charge in [-0.2, -0.15) is 13.2 Å². The number of halogens is 5. The fourth-order valence-corrected chi connectivity index (χ4v) is 4.39. The highest BCUT2D eigenvalue weighted by Crippen LogP contribution is 2.45. The summed E-state index contributed by atoms with van der Waals surface area (Å²) >= 11 is 12.1. The maximum absolute atomic E-state index is 13.5. The van der Waals surface area contributed by atoms with Crippen LogP contribution in [0, 0.1) is 0 Å². The molecule has 1 aliphatic heterocycles. The lowest BCUT2D eigenvalue weighted by Gasteiger charge is -2.28. The summed E-state index contributed by atoms with van der Waals surface area (Å²) in [4.78, 5) is 30.6. The zero-order valence-corrected chi connectivity index (χ0v) is 21.2. The number of amides is 2. The Balaban J connectivity index is 1.95. The smallest absolute Gasteiger partial charge is 0.425 e. The summed E-state index contributed by atoms with van der Waals surface area (Å²) in [5.41, 5.74) is 5.45. The first-order valence-corrected chi connectivity index (χ1v) is 12.0. The second-order valence-electron chi connectivity index (χ2n) is 8.14. The lowest BCUT2D eigenvalue weighted by molar-refractivity contribution is -0.137. The topological polar surface area (TPSA) is 94.2 Å². The van der Waals surface area contributed by atoms with Gasteiger partial charge in [-0.05, 0) is 60.5 Å². The molecule has 7 nitrogen and oxygen atoms in total. The lowest BCUT2D eigenvalue weighted by Crippen LogP contribution is -2.40. The van der Waals surface area contributed by atoms with Crippen molar-refractivity contribution in [1.29, 1.82) is 0 Å². The van der Waals surface area contributed by atoms with Crippen molar-refractivity contribution in [2.75, 3.05) is 6.61 Å². The molecule has 0 saturated carbocycles. The van der Waals surface area contributed by atoms with Crippen molar-refractivity contribution in [2.45, 2.75) is 25.2 Å². The zero-order valence-electron chi connectivity index (χ0n) is 19.7. The predicted octanol–water partition coefficient (Wildman–Crippen LogP) is 7.17. The Kier molecular flexibility index (Phi) is 7.84. The van der Waals surface area contributed by atoms with Gasteiger partial charge >= 0.3 is 18.4 Å². The van der Waals surface area contributed by atoms with E-state index in [4.69, 9.17) is 43.4 Å². The van der Waals surface area contributed by atoms with E-state index in [1.165, 1.54) is 0 Å². The molecule has 0 saturated heterocycles. The van der Waals surface area contributed by atoms with Gasteiger partial charge in [0.2, 0.25) is 0 Å². The van der Waals surface area contributed by atoms with Crippen LogP contribution in [-0.4, -0.2) is 29.5 Å². The van der Waals surface area contributed by atoms with Gasteiger partial charge in [0.05, 0.1) is 23.8 Å². The number of hydrogen-bond acceptors (Lipinski definition) is 5. The molecule has 0 aromatic heterocycles. The SMILES string of the molecule is CCOc1cc(C(F)(F)F)ccc1C1=NC(c2ccc(Cl)cc2)C(c2ccc(Cl)cc2)N1C(=O)OC(N)=O. The third kappa shape index (κ3) is 5.71. The second-order valence-corrected chi connectivity index (χ2v) is 9.02. The number of aliphatic imine (C=N–C) groups is 1. The van der Waals surface area contributed by atoms with Gasteiger partial charge in [0.25, 0.3) is 0 Å². The van der Waals surface area contributed by atoms with Crippen molar-refractivity contribution >= 4 is 41.2 Å². The Morgan fingerprint density at radius 2 is 1.55 bits per heavy atom. The molecule has 1 aliphatic rings. The van der Waals surface area contributed by atoms with Gasteiger partial charge in [0, 0.05) is 10.0 Å². The Bertz CT molecular complexity index is 1380. The van der Waals surface area contributed by atoms with Crippen LogP contribution < -0.4 is 10.5 Å². The van der Waals surface area contributed by atoms with Crippen molar-refractivity contribution in [2.24, 2.45) is 10.7 Å². The van der Waals surface area contributed by atoms with E-state index in [1.807, 2.05) is 0 Å². The molecule has 0 radical (unpaired) electrons. The quantitative estimate of drug-likeness (QED) is 0.332. The summed E-state index contributed by atoms with van der Waals surface area (Å²) in [5, 5.41) is 0.897. The van der Waals surface area contributed by atoms with Gasteiger partial charge in [-0.25, -0.2) is 9.59 Å². The van der Waals surface area contributed by atoms with Crippen LogP contribution in [0.4, 0.5) is 22.8 Å². The molecule has 4 rings (SSSR count). The van der Waals surface area contributed by atoms with Crippen LogP contribution >= 0.6 is 23.2 Å². The number of alkyl halides is 3. The van der Waals surface area contributed by atoms with E-state index in [-0.39, 0.29) is 23.8 Å². The molecule has 12 heteroatoms. The van der Waals surface area contributed by atoms with E-state index in [0.29, 0.717) is 21.2 Å². The van der Waals surface area contributed by atoms with E-state index in [0.717, 1.165) is 23.1 Å². The number of carbonyl (C=O) groups is 2. The first-order chi connectivity index (χ1) is 18.0. The van der Waals surface area contributed by atoms with Gasteiger partial charge in [-0.3, -0.25) is 9.89 Å². The molecule has 0 fully saturated rings. The summed E-state index contributed by atoms with van der Waals surface area (Å²) in [5.74, 6) is -0.238. The van der Waals surface area contributed by atoms with Gasteiger partial charge < -0.3 is 15.2 Å². The Labute approximate surface area is 225 Å². The number of nitrogens with zero attached hydrogens (tertiary/aromatic N) is 2. The van der Waals surface area contributed by atoms with Gasteiger partial charge in [0.1, 0.15) is 17.6 Å². The predicted molar refractivity (Wildman–Crippen MR) is 135 cm³/mol. The molecule has 2 amide bonds. The average molecular weight is 566 g/mol. The second kappa shape index (κ2) is 10.9. The number of hydrogen-bond donors (Lipinski definition) is 1. The first-order valence-electron chi connectivity index (χ1n) is 11.2. The molecule has 38 heavy (non-hydrogen) atoms. The van der Waals surface area contributed by atoms with Crippen LogP contribution in [0.3, 0.4) is 0 Å². The summed E-state index contributed by atoms with van der Waals surface area (Å²) in [6, 6.07) is 14.4. The standard InChI is InChI=1S/C26H20Cl2F3N3O4/c1-2-37-20-13-16(26(29,30)31)7-12-19(20)23-33-21(14-3-8-17(27)9-4-14)22(15-5-10-18(28)11-6-15)34(23)25(36)38-24(32)35/h3-13,21-22H,2H2,1H3,(H2,32,35). The van der Waals surface area contributed by atoms with Crippen molar-refractivity contribution in [3.05, 3.63) is 99.0 Å². The Hall–Kier alpha value is -3.76. The Morgan fingerprint density at radius 1 is 0.974 bits per heavy atom. The zero-order chi connectivity index (χ0) is 27.6. The van der Waals surface area contributed by atoms with Crippen LogP contribution in [0.2, 0.25) is 10.0 Å². The van der Waals surface area contributed by atoms with Crippen LogP contribution in [0.5, 0.6) is 5.75 Å².